The average molecular weight is 258 g/mol. The third-order valence-corrected chi connectivity index (χ3v) is 5.00. The van der Waals surface area contributed by atoms with E-state index in [1.165, 1.54) is 5.75 Å². The van der Waals surface area contributed by atoms with Gasteiger partial charge < -0.3 is 9.47 Å². The summed E-state index contributed by atoms with van der Waals surface area (Å²) in [5, 5.41) is 0. The first kappa shape index (κ1) is 13.4. The molecule has 2 heterocycles. The smallest absolute Gasteiger partial charge is 0.164 e. The second-order valence-electron chi connectivity index (χ2n) is 5.02. The summed E-state index contributed by atoms with van der Waals surface area (Å²) in [5.41, 5.74) is -0.00478. The topological polar surface area (TPSA) is 35.5 Å². The lowest BCUT2D eigenvalue weighted by Gasteiger charge is -2.37. The summed E-state index contributed by atoms with van der Waals surface area (Å²) >= 11 is 1.94. The van der Waals surface area contributed by atoms with Crippen molar-refractivity contribution in [1.29, 1.82) is 0 Å². The number of carbonyl (C=O) groups excluding carboxylic acids is 1. The van der Waals surface area contributed by atoms with Crippen LogP contribution in [0.1, 0.15) is 33.1 Å². The quantitative estimate of drug-likeness (QED) is 0.775. The van der Waals surface area contributed by atoms with Crippen LogP contribution in [-0.2, 0) is 14.3 Å². The highest BCUT2D eigenvalue weighted by Crippen LogP contribution is 2.40. The van der Waals surface area contributed by atoms with Crippen molar-refractivity contribution in [3.05, 3.63) is 0 Å². The van der Waals surface area contributed by atoms with Gasteiger partial charge in [-0.25, -0.2) is 0 Å². The predicted octanol–water partition coefficient (Wildman–Crippen LogP) is 2.28. The van der Waals surface area contributed by atoms with Gasteiger partial charge in [0.1, 0.15) is 6.10 Å². The van der Waals surface area contributed by atoms with Crippen molar-refractivity contribution in [2.24, 2.45) is 5.92 Å². The molecule has 0 radical (unpaired) electrons. The van der Waals surface area contributed by atoms with Crippen LogP contribution >= 0.6 is 11.8 Å². The van der Waals surface area contributed by atoms with E-state index in [-0.39, 0.29) is 23.4 Å². The molecule has 2 aliphatic rings. The molecule has 0 saturated carbocycles. The molecule has 0 aromatic rings. The lowest BCUT2D eigenvalue weighted by molar-refractivity contribution is -0.143. The van der Waals surface area contributed by atoms with Crippen LogP contribution in [0.3, 0.4) is 0 Å². The third-order valence-electron chi connectivity index (χ3n) is 3.78. The van der Waals surface area contributed by atoms with E-state index in [0.717, 1.165) is 31.6 Å². The zero-order valence-corrected chi connectivity index (χ0v) is 11.6. The molecule has 17 heavy (non-hydrogen) atoms. The Bertz CT molecular complexity index is 274. The van der Waals surface area contributed by atoms with Gasteiger partial charge in [0.05, 0.1) is 5.60 Å². The maximum atomic E-state index is 12.2. The van der Waals surface area contributed by atoms with Gasteiger partial charge in [0, 0.05) is 24.9 Å². The second kappa shape index (κ2) is 5.72. The summed E-state index contributed by atoms with van der Waals surface area (Å²) < 4.78 is 11.3. The molecule has 0 bridgehead atoms. The van der Waals surface area contributed by atoms with Gasteiger partial charge in [-0.1, -0.05) is 0 Å². The Hall–Kier alpha value is -0.0600. The Kier molecular flexibility index (Phi) is 4.50. The second-order valence-corrected chi connectivity index (χ2v) is 6.13. The fourth-order valence-electron chi connectivity index (χ4n) is 2.80. The molecule has 0 aliphatic carbocycles. The molecule has 2 fully saturated rings. The minimum Gasteiger partial charge on any atom is -0.374 e. The normalized spacial score (nSPS) is 35.1. The standard InChI is InChI=1S/C13H22O3S/c1-3-15-10(2)12(14)11-4-6-16-13(8-11)5-7-17-9-13/h10-11H,3-9H2,1-2H3. The van der Waals surface area contributed by atoms with E-state index in [9.17, 15) is 4.79 Å². The molecule has 2 rings (SSSR count). The highest BCUT2D eigenvalue weighted by molar-refractivity contribution is 7.99. The fourth-order valence-corrected chi connectivity index (χ4v) is 4.18. The lowest BCUT2D eigenvalue weighted by atomic mass is 9.82. The van der Waals surface area contributed by atoms with Crippen molar-refractivity contribution in [2.45, 2.75) is 44.8 Å². The van der Waals surface area contributed by atoms with Gasteiger partial charge in [-0.3, -0.25) is 4.79 Å². The number of hydrogen-bond acceptors (Lipinski definition) is 4. The molecule has 2 saturated heterocycles. The van der Waals surface area contributed by atoms with Gasteiger partial charge >= 0.3 is 0 Å². The van der Waals surface area contributed by atoms with Crippen molar-refractivity contribution in [2.75, 3.05) is 24.7 Å². The third kappa shape index (κ3) is 3.04. The Morgan fingerprint density at radius 1 is 1.65 bits per heavy atom. The minimum absolute atomic E-state index is 0.00478. The molecule has 1 spiro atoms. The van der Waals surface area contributed by atoms with E-state index < -0.39 is 0 Å². The van der Waals surface area contributed by atoms with Crippen molar-refractivity contribution < 1.29 is 14.3 Å². The number of carbonyl (C=O) groups is 1. The molecule has 0 aromatic carbocycles. The SMILES string of the molecule is CCOC(C)C(=O)C1CCOC2(CCSC2)C1. The van der Waals surface area contributed by atoms with Crippen LogP contribution < -0.4 is 0 Å². The number of ketones is 1. The molecule has 2 aliphatic heterocycles. The van der Waals surface area contributed by atoms with Gasteiger partial charge in [0.15, 0.2) is 5.78 Å². The van der Waals surface area contributed by atoms with Crippen LogP contribution in [0, 0.1) is 5.92 Å². The number of thioether (sulfide) groups is 1. The fraction of sp³-hybridized carbons (Fsp3) is 0.923. The molecule has 0 aromatic heterocycles. The van der Waals surface area contributed by atoms with E-state index in [1.54, 1.807) is 0 Å². The van der Waals surface area contributed by atoms with Crippen LogP contribution in [0.25, 0.3) is 0 Å². The summed E-state index contributed by atoms with van der Waals surface area (Å²) in [7, 11) is 0. The van der Waals surface area contributed by atoms with E-state index in [1.807, 2.05) is 25.6 Å². The van der Waals surface area contributed by atoms with E-state index in [2.05, 4.69) is 0 Å². The maximum Gasteiger partial charge on any atom is 0.164 e. The molecule has 4 heteroatoms. The van der Waals surface area contributed by atoms with Crippen LogP contribution in [0.15, 0.2) is 0 Å². The summed E-state index contributed by atoms with van der Waals surface area (Å²) in [4.78, 5) is 12.2. The summed E-state index contributed by atoms with van der Waals surface area (Å²) in [6.07, 6.45) is 2.61. The van der Waals surface area contributed by atoms with Crippen LogP contribution in [0.2, 0.25) is 0 Å². The summed E-state index contributed by atoms with van der Waals surface area (Å²) in [5.74, 6) is 2.64. The zero-order valence-electron chi connectivity index (χ0n) is 10.7. The molecule has 3 atom stereocenters. The highest BCUT2D eigenvalue weighted by atomic mass is 32.2. The van der Waals surface area contributed by atoms with Gasteiger partial charge in [-0.2, -0.15) is 11.8 Å². The molecule has 0 amide bonds. The number of Topliss-reactive ketones (excluding diaryl/α,β-unsaturated/α-hetero) is 1. The van der Waals surface area contributed by atoms with Crippen molar-refractivity contribution in [3.8, 4) is 0 Å². The van der Waals surface area contributed by atoms with Crippen LogP contribution in [0.4, 0.5) is 0 Å². The summed E-state index contributed by atoms with van der Waals surface area (Å²) in [6, 6.07) is 0. The summed E-state index contributed by atoms with van der Waals surface area (Å²) in [6.45, 7) is 5.15. The predicted molar refractivity (Wildman–Crippen MR) is 69.4 cm³/mol. The van der Waals surface area contributed by atoms with Crippen molar-refractivity contribution >= 4 is 17.5 Å². The first-order chi connectivity index (χ1) is 8.17. The molecule has 98 valence electrons. The number of rotatable bonds is 4. The van der Waals surface area contributed by atoms with Crippen molar-refractivity contribution in [3.63, 3.8) is 0 Å². The maximum absolute atomic E-state index is 12.2. The van der Waals surface area contributed by atoms with E-state index in [4.69, 9.17) is 9.47 Å². The van der Waals surface area contributed by atoms with Gasteiger partial charge in [-0.05, 0) is 38.9 Å². The lowest BCUT2D eigenvalue weighted by Crippen LogP contribution is -2.44. The number of ether oxygens (including phenoxy) is 2. The zero-order chi connectivity index (χ0) is 12.3. The minimum atomic E-state index is -0.255. The van der Waals surface area contributed by atoms with Gasteiger partial charge in [0.2, 0.25) is 0 Å². The first-order valence-electron chi connectivity index (χ1n) is 6.54. The Morgan fingerprint density at radius 2 is 2.47 bits per heavy atom. The Morgan fingerprint density at radius 3 is 3.12 bits per heavy atom. The van der Waals surface area contributed by atoms with E-state index in [0.29, 0.717) is 6.61 Å². The van der Waals surface area contributed by atoms with Crippen molar-refractivity contribution in [1.82, 2.24) is 0 Å². The monoisotopic (exact) mass is 258 g/mol. The number of hydrogen-bond donors (Lipinski definition) is 0. The molecular formula is C13H22O3S. The molecular weight excluding hydrogens is 236 g/mol. The first-order valence-corrected chi connectivity index (χ1v) is 7.69. The molecule has 0 N–H and O–H groups in total. The van der Waals surface area contributed by atoms with Gasteiger partial charge in [-0.15, -0.1) is 0 Å². The van der Waals surface area contributed by atoms with Gasteiger partial charge in [0.25, 0.3) is 0 Å². The van der Waals surface area contributed by atoms with Crippen LogP contribution in [0.5, 0.6) is 0 Å². The Labute approximate surface area is 108 Å². The van der Waals surface area contributed by atoms with E-state index >= 15 is 0 Å². The molecule has 3 nitrogen and oxygen atoms in total. The average Bonchev–Trinajstić information content (AvgIpc) is 2.76. The largest absolute Gasteiger partial charge is 0.374 e. The van der Waals surface area contributed by atoms with Crippen LogP contribution in [-0.4, -0.2) is 42.2 Å². The molecule has 3 unspecified atom stereocenters. The Balaban J connectivity index is 1.94. The highest BCUT2D eigenvalue weighted by Gasteiger charge is 2.43.